The summed E-state index contributed by atoms with van der Waals surface area (Å²) in [5, 5.41) is 6.72. The van der Waals surface area contributed by atoms with E-state index in [0.717, 1.165) is 17.6 Å². The molecular formula is C19H24N4O4S. The number of nitrogens with one attached hydrogen (secondary N) is 3. The van der Waals surface area contributed by atoms with Crippen LogP contribution >= 0.6 is 0 Å². The zero-order chi connectivity index (χ0) is 19.7. The second-order valence-corrected chi connectivity index (χ2v) is 9.68. The molecule has 8 nitrogen and oxygen atoms in total. The molecule has 2 aliphatic heterocycles. The number of carbonyl (C=O) groups is 2. The van der Waals surface area contributed by atoms with E-state index in [4.69, 9.17) is 0 Å². The van der Waals surface area contributed by atoms with E-state index in [1.165, 1.54) is 10.9 Å². The SMILES string of the molecule is O=C(CCNC(=O)N1CCc2c([nH]c3ccccc23)C1)NC1CCS(=O)(=O)C1. The third kappa shape index (κ3) is 3.99. The first kappa shape index (κ1) is 18.8. The van der Waals surface area contributed by atoms with Crippen LogP contribution in [0.3, 0.4) is 0 Å². The van der Waals surface area contributed by atoms with Gasteiger partial charge < -0.3 is 20.5 Å². The molecule has 0 spiro atoms. The van der Waals surface area contributed by atoms with Crippen LogP contribution in [-0.2, 0) is 27.6 Å². The monoisotopic (exact) mass is 404 g/mol. The van der Waals surface area contributed by atoms with E-state index < -0.39 is 9.84 Å². The van der Waals surface area contributed by atoms with E-state index in [1.807, 2.05) is 18.2 Å². The molecule has 1 unspecified atom stereocenters. The highest BCUT2D eigenvalue weighted by Gasteiger charge is 2.29. The summed E-state index contributed by atoms with van der Waals surface area (Å²) in [6, 6.07) is 7.62. The Morgan fingerprint density at radius 1 is 1.25 bits per heavy atom. The normalized spacial score (nSPS) is 20.7. The number of urea groups is 1. The van der Waals surface area contributed by atoms with Crippen molar-refractivity contribution in [2.24, 2.45) is 0 Å². The van der Waals surface area contributed by atoms with Crippen LogP contribution in [-0.4, -0.2) is 60.9 Å². The Morgan fingerprint density at radius 3 is 2.86 bits per heavy atom. The molecule has 3 N–H and O–H groups in total. The quantitative estimate of drug-likeness (QED) is 0.704. The number of benzene rings is 1. The van der Waals surface area contributed by atoms with Crippen LogP contribution in [0.4, 0.5) is 4.79 Å². The molecule has 1 aromatic carbocycles. The van der Waals surface area contributed by atoms with Gasteiger partial charge in [0.15, 0.2) is 9.84 Å². The van der Waals surface area contributed by atoms with Crippen LogP contribution in [0.25, 0.3) is 10.9 Å². The summed E-state index contributed by atoms with van der Waals surface area (Å²) < 4.78 is 22.9. The highest BCUT2D eigenvalue weighted by atomic mass is 32.2. The number of carbonyl (C=O) groups excluding carboxylic acids is 2. The van der Waals surface area contributed by atoms with Gasteiger partial charge in [0, 0.05) is 42.1 Å². The lowest BCUT2D eigenvalue weighted by Crippen LogP contribution is -2.44. The summed E-state index contributed by atoms with van der Waals surface area (Å²) in [6.07, 6.45) is 1.39. The smallest absolute Gasteiger partial charge is 0.317 e. The van der Waals surface area contributed by atoms with Crippen molar-refractivity contribution >= 4 is 32.7 Å². The van der Waals surface area contributed by atoms with Gasteiger partial charge in [-0.1, -0.05) is 18.2 Å². The molecule has 9 heteroatoms. The topological polar surface area (TPSA) is 111 Å². The summed E-state index contributed by atoms with van der Waals surface area (Å²) in [4.78, 5) is 29.5. The van der Waals surface area contributed by atoms with E-state index in [0.29, 0.717) is 19.5 Å². The number of aromatic amines is 1. The summed E-state index contributed by atoms with van der Waals surface area (Å²) in [5.74, 6) is -0.107. The number of hydrogen-bond donors (Lipinski definition) is 3. The average Bonchev–Trinajstić information content (AvgIpc) is 3.20. The van der Waals surface area contributed by atoms with Crippen LogP contribution in [0.2, 0.25) is 0 Å². The van der Waals surface area contributed by atoms with Gasteiger partial charge in [0.05, 0.1) is 18.1 Å². The zero-order valence-corrected chi connectivity index (χ0v) is 16.3. The molecule has 4 rings (SSSR count). The largest absolute Gasteiger partial charge is 0.357 e. The van der Waals surface area contributed by atoms with Crippen LogP contribution in [0.1, 0.15) is 24.1 Å². The van der Waals surface area contributed by atoms with Crippen molar-refractivity contribution < 1.29 is 18.0 Å². The highest BCUT2D eigenvalue weighted by molar-refractivity contribution is 7.91. The molecule has 3 amide bonds. The first-order valence-electron chi connectivity index (χ1n) is 9.52. The molecule has 1 saturated heterocycles. The van der Waals surface area contributed by atoms with Crippen LogP contribution in [0.15, 0.2) is 24.3 Å². The Bertz CT molecular complexity index is 1010. The minimum absolute atomic E-state index is 0.00567. The van der Waals surface area contributed by atoms with Crippen molar-refractivity contribution in [3.63, 3.8) is 0 Å². The number of aromatic nitrogens is 1. The molecule has 2 aromatic rings. The number of fused-ring (bicyclic) bond motifs is 3. The van der Waals surface area contributed by atoms with Gasteiger partial charge in [-0.3, -0.25) is 4.79 Å². The van der Waals surface area contributed by atoms with Crippen molar-refractivity contribution in [1.82, 2.24) is 20.5 Å². The second-order valence-electron chi connectivity index (χ2n) is 7.45. The summed E-state index contributed by atoms with van der Waals surface area (Å²) >= 11 is 0. The predicted molar refractivity (Wildman–Crippen MR) is 106 cm³/mol. The number of H-pyrrole nitrogens is 1. The summed E-state index contributed by atoms with van der Waals surface area (Å²) in [7, 11) is -3.02. The van der Waals surface area contributed by atoms with Gasteiger partial charge >= 0.3 is 6.03 Å². The van der Waals surface area contributed by atoms with E-state index >= 15 is 0 Å². The molecule has 0 radical (unpaired) electrons. The standard InChI is InChI=1S/C19H24N4O4S/c24-18(21-13-7-10-28(26,27)12-13)5-8-20-19(25)23-9-6-15-14-3-1-2-4-16(14)22-17(15)11-23/h1-4,13,22H,5-12H2,(H,20,25)(H,21,24). The van der Waals surface area contributed by atoms with E-state index in [2.05, 4.69) is 21.7 Å². The highest BCUT2D eigenvalue weighted by Crippen LogP contribution is 2.27. The van der Waals surface area contributed by atoms with Crippen LogP contribution in [0.5, 0.6) is 0 Å². The van der Waals surface area contributed by atoms with Gasteiger partial charge in [0.1, 0.15) is 0 Å². The van der Waals surface area contributed by atoms with Gasteiger partial charge in [0.2, 0.25) is 5.91 Å². The molecule has 28 heavy (non-hydrogen) atoms. The maximum absolute atomic E-state index is 12.4. The maximum atomic E-state index is 12.4. The lowest BCUT2D eigenvalue weighted by molar-refractivity contribution is -0.121. The molecule has 150 valence electrons. The molecule has 0 aliphatic carbocycles. The van der Waals surface area contributed by atoms with Gasteiger partial charge in [-0.2, -0.15) is 0 Å². The molecule has 2 aliphatic rings. The Hall–Kier alpha value is -2.55. The third-order valence-corrected chi connectivity index (χ3v) is 7.16. The molecule has 0 bridgehead atoms. The number of hydrogen-bond acceptors (Lipinski definition) is 4. The van der Waals surface area contributed by atoms with Crippen LogP contribution < -0.4 is 10.6 Å². The first-order chi connectivity index (χ1) is 13.4. The number of amides is 3. The fraction of sp³-hybridized carbons (Fsp3) is 0.474. The predicted octanol–water partition coefficient (Wildman–Crippen LogP) is 0.929. The Morgan fingerprint density at radius 2 is 2.07 bits per heavy atom. The maximum Gasteiger partial charge on any atom is 0.317 e. The molecule has 1 atom stereocenters. The Balaban J connectivity index is 1.25. The lowest BCUT2D eigenvalue weighted by Gasteiger charge is -2.27. The van der Waals surface area contributed by atoms with Gasteiger partial charge in [-0.05, 0) is 24.5 Å². The van der Waals surface area contributed by atoms with E-state index in [-0.39, 0.29) is 42.5 Å². The average molecular weight is 404 g/mol. The second kappa shape index (κ2) is 7.46. The van der Waals surface area contributed by atoms with Gasteiger partial charge in [0.25, 0.3) is 0 Å². The van der Waals surface area contributed by atoms with Crippen molar-refractivity contribution in [3.8, 4) is 0 Å². The van der Waals surface area contributed by atoms with Crippen molar-refractivity contribution in [1.29, 1.82) is 0 Å². The van der Waals surface area contributed by atoms with Crippen molar-refractivity contribution in [2.45, 2.75) is 31.8 Å². The molecule has 1 aromatic heterocycles. The van der Waals surface area contributed by atoms with E-state index in [1.54, 1.807) is 4.90 Å². The number of rotatable bonds is 4. The molecule has 1 fully saturated rings. The van der Waals surface area contributed by atoms with Crippen molar-refractivity contribution in [2.75, 3.05) is 24.6 Å². The number of nitrogens with zero attached hydrogens (tertiary/aromatic N) is 1. The molecule has 0 saturated carbocycles. The minimum Gasteiger partial charge on any atom is -0.357 e. The lowest BCUT2D eigenvalue weighted by atomic mass is 10.0. The zero-order valence-electron chi connectivity index (χ0n) is 15.5. The fourth-order valence-electron chi connectivity index (χ4n) is 3.97. The van der Waals surface area contributed by atoms with Crippen molar-refractivity contribution in [3.05, 3.63) is 35.5 Å². The Kier molecular flexibility index (Phi) is 5.01. The number of sulfone groups is 1. The van der Waals surface area contributed by atoms with E-state index in [9.17, 15) is 18.0 Å². The van der Waals surface area contributed by atoms with Crippen LogP contribution in [0, 0.1) is 0 Å². The third-order valence-electron chi connectivity index (χ3n) is 5.40. The Labute approximate surface area is 163 Å². The van der Waals surface area contributed by atoms with Gasteiger partial charge in [-0.25, -0.2) is 13.2 Å². The first-order valence-corrected chi connectivity index (χ1v) is 11.3. The summed E-state index contributed by atoms with van der Waals surface area (Å²) in [6.45, 7) is 1.37. The summed E-state index contributed by atoms with van der Waals surface area (Å²) in [5.41, 5.74) is 3.41. The minimum atomic E-state index is -3.02. The fourth-order valence-corrected chi connectivity index (χ4v) is 5.64. The number of para-hydroxylation sites is 1. The molecular weight excluding hydrogens is 380 g/mol. The molecule has 3 heterocycles. The van der Waals surface area contributed by atoms with Gasteiger partial charge in [-0.15, -0.1) is 0 Å².